The third-order valence-electron chi connectivity index (χ3n) is 3.27. The van der Waals surface area contributed by atoms with Crippen LogP contribution in [-0.2, 0) is 4.79 Å². The van der Waals surface area contributed by atoms with Gasteiger partial charge in [0.25, 0.3) is 0 Å². The predicted octanol–water partition coefficient (Wildman–Crippen LogP) is 2.18. The van der Waals surface area contributed by atoms with Crippen LogP contribution in [0, 0.1) is 6.92 Å². The summed E-state index contributed by atoms with van der Waals surface area (Å²) in [5.41, 5.74) is 6.78. The average Bonchev–Trinajstić information content (AvgIpc) is 2.34. The lowest BCUT2D eigenvalue weighted by atomic mass is 9.97. The van der Waals surface area contributed by atoms with E-state index in [2.05, 4.69) is 0 Å². The number of carbonyl (C=O) groups is 1. The smallest absolute Gasteiger partial charge is 0.246 e. The van der Waals surface area contributed by atoms with Crippen molar-refractivity contribution >= 4 is 11.6 Å². The van der Waals surface area contributed by atoms with Gasteiger partial charge in [0.2, 0.25) is 5.91 Å². The Hall–Kier alpha value is -1.55. The summed E-state index contributed by atoms with van der Waals surface area (Å²) in [7, 11) is 0. The first-order valence-electron chi connectivity index (χ1n) is 6.24. The minimum Gasteiger partial charge on any atom is -0.508 e. The number of likely N-dealkylation sites (N-methyl/N-ethyl adjacent to an activating group) is 1. The minimum atomic E-state index is -0.881. The molecule has 1 unspecified atom stereocenters. The van der Waals surface area contributed by atoms with Gasteiger partial charge in [-0.1, -0.05) is 13.0 Å². The number of hydrogen-bond acceptors (Lipinski definition) is 3. The van der Waals surface area contributed by atoms with E-state index < -0.39 is 5.54 Å². The highest BCUT2D eigenvalue weighted by Gasteiger charge is 2.31. The Labute approximate surface area is 108 Å². The van der Waals surface area contributed by atoms with Gasteiger partial charge in [-0.05, 0) is 38.8 Å². The number of rotatable bonds is 4. The number of phenols is 1. The summed E-state index contributed by atoms with van der Waals surface area (Å²) in [6.07, 6.45) is 0.570. The number of amides is 1. The molecular formula is C14H22N2O2. The lowest BCUT2D eigenvalue weighted by Gasteiger charge is -2.31. The molecule has 1 aromatic rings. The molecule has 4 nitrogen and oxygen atoms in total. The van der Waals surface area contributed by atoms with Gasteiger partial charge in [0.05, 0.1) is 11.2 Å². The molecule has 1 rings (SSSR count). The van der Waals surface area contributed by atoms with Crippen LogP contribution in [0.25, 0.3) is 0 Å². The van der Waals surface area contributed by atoms with E-state index in [1.54, 1.807) is 30.0 Å². The Kier molecular flexibility index (Phi) is 4.35. The number of carbonyl (C=O) groups excluding carboxylic acids is 1. The molecule has 0 bridgehead atoms. The highest BCUT2D eigenvalue weighted by atomic mass is 16.3. The van der Waals surface area contributed by atoms with Crippen molar-refractivity contribution in [1.29, 1.82) is 0 Å². The monoisotopic (exact) mass is 250 g/mol. The lowest BCUT2D eigenvalue weighted by Crippen LogP contribution is -2.53. The Morgan fingerprint density at radius 2 is 2.06 bits per heavy atom. The van der Waals surface area contributed by atoms with E-state index in [0.717, 1.165) is 5.56 Å². The van der Waals surface area contributed by atoms with Gasteiger partial charge in [0.1, 0.15) is 5.75 Å². The van der Waals surface area contributed by atoms with Crippen molar-refractivity contribution in [3.8, 4) is 5.75 Å². The van der Waals surface area contributed by atoms with Crippen LogP contribution in [0.5, 0.6) is 5.75 Å². The fourth-order valence-corrected chi connectivity index (χ4v) is 1.77. The van der Waals surface area contributed by atoms with Gasteiger partial charge < -0.3 is 15.7 Å². The molecule has 0 fully saturated rings. The topological polar surface area (TPSA) is 66.6 Å². The van der Waals surface area contributed by atoms with Crippen molar-refractivity contribution in [2.75, 3.05) is 11.4 Å². The number of nitrogens with two attached hydrogens (primary N) is 1. The summed E-state index contributed by atoms with van der Waals surface area (Å²) in [6, 6.07) is 5.00. The molecule has 0 aliphatic carbocycles. The summed E-state index contributed by atoms with van der Waals surface area (Å²) in [4.78, 5) is 14.0. The van der Waals surface area contributed by atoms with E-state index in [4.69, 9.17) is 5.73 Å². The number of aromatic hydroxyl groups is 1. The van der Waals surface area contributed by atoms with Crippen LogP contribution < -0.4 is 10.6 Å². The number of hydrogen-bond donors (Lipinski definition) is 2. The van der Waals surface area contributed by atoms with E-state index >= 15 is 0 Å². The first kappa shape index (κ1) is 14.5. The first-order valence-corrected chi connectivity index (χ1v) is 6.24. The molecule has 0 radical (unpaired) electrons. The molecule has 4 heteroatoms. The highest BCUT2D eigenvalue weighted by Crippen LogP contribution is 2.26. The number of aryl methyl sites for hydroxylation is 1. The molecule has 3 N–H and O–H groups in total. The third kappa shape index (κ3) is 2.82. The maximum Gasteiger partial charge on any atom is 0.246 e. The van der Waals surface area contributed by atoms with Gasteiger partial charge in [-0.25, -0.2) is 0 Å². The van der Waals surface area contributed by atoms with Gasteiger partial charge in [-0.2, -0.15) is 0 Å². The molecule has 0 aromatic heterocycles. The van der Waals surface area contributed by atoms with Crippen molar-refractivity contribution < 1.29 is 9.90 Å². The molecule has 0 saturated carbocycles. The molecule has 1 atom stereocenters. The van der Waals surface area contributed by atoms with Crippen LogP contribution in [0.3, 0.4) is 0 Å². The molecule has 18 heavy (non-hydrogen) atoms. The van der Waals surface area contributed by atoms with Crippen LogP contribution in [0.4, 0.5) is 5.69 Å². The number of anilines is 1. The van der Waals surface area contributed by atoms with Crippen LogP contribution in [0.1, 0.15) is 32.8 Å². The summed E-state index contributed by atoms with van der Waals surface area (Å²) in [6.45, 7) is 7.95. The first-order chi connectivity index (χ1) is 8.33. The second kappa shape index (κ2) is 5.40. The number of phenolic OH excluding ortho intramolecular Hbond substituents is 1. The quantitative estimate of drug-likeness (QED) is 0.860. The second-order valence-corrected chi connectivity index (χ2v) is 4.79. The molecule has 1 amide bonds. The largest absolute Gasteiger partial charge is 0.508 e. The zero-order chi connectivity index (χ0) is 13.9. The minimum absolute atomic E-state index is 0.124. The third-order valence-corrected chi connectivity index (χ3v) is 3.27. The molecule has 0 aliphatic rings. The number of benzene rings is 1. The van der Waals surface area contributed by atoms with E-state index in [0.29, 0.717) is 18.7 Å². The van der Waals surface area contributed by atoms with Crippen LogP contribution in [-0.4, -0.2) is 23.1 Å². The normalized spacial score (nSPS) is 14.1. The van der Waals surface area contributed by atoms with Gasteiger partial charge >= 0.3 is 0 Å². The van der Waals surface area contributed by atoms with Crippen molar-refractivity contribution in [2.45, 2.75) is 39.7 Å². The van der Waals surface area contributed by atoms with E-state index in [1.807, 2.05) is 20.8 Å². The maximum atomic E-state index is 12.4. The molecule has 0 heterocycles. The van der Waals surface area contributed by atoms with Gasteiger partial charge in [-0.15, -0.1) is 0 Å². The SMILES string of the molecule is CCN(C(=O)C(C)(N)CC)c1cc(O)ccc1C. The van der Waals surface area contributed by atoms with E-state index in [9.17, 15) is 9.90 Å². The van der Waals surface area contributed by atoms with Crippen LogP contribution in [0.15, 0.2) is 18.2 Å². The molecule has 0 spiro atoms. The Morgan fingerprint density at radius 3 is 2.56 bits per heavy atom. The maximum absolute atomic E-state index is 12.4. The van der Waals surface area contributed by atoms with Crippen LogP contribution >= 0.6 is 0 Å². The highest BCUT2D eigenvalue weighted by molar-refractivity contribution is 6.00. The summed E-state index contributed by atoms with van der Waals surface area (Å²) in [5, 5.41) is 9.55. The molecule has 0 aliphatic heterocycles. The van der Waals surface area contributed by atoms with Crippen molar-refractivity contribution in [1.82, 2.24) is 0 Å². The fraction of sp³-hybridized carbons (Fsp3) is 0.500. The lowest BCUT2D eigenvalue weighted by molar-refractivity contribution is -0.123. The molecular weight excluding hydrogens is 228 g/mol. The van der Waals surface area contributed by atoms with Crippen molar-refractivity contribution in [2.24, 2.45) is 5.73 Å². The van der Waals surface area contributed by atoms with Crippen molar-refractivity contribution in [3.63, 3.8) is 0 Å². The standard InChI is InChI=1S/C14H22N2O2/c1-5-14(4,15)13(18)16(6-2)12-9-11(17)8-7-10(12)3/h7-9,17H,5-6,15H2,1-4H3. The summed E-state index contributed by atoms with van der Waals surface area (Å²) < 4.78 is 0. The number of nitrogens with zero attached hydrogens (tertiary/aromatic N) is 1. The fourth-order valence-electron chi connectivity index (χ4n) is 1.77. The second-order valence-electron chi connectivity index (χ2n) is 4.79. The van der Waals surface area contributed by atoms with Crippen LogP contribution in [0.2, 0.25) is 0 Å². The average molecular weight is 250 g/mol. The zero-order valence-corrected chi connectivity index (χ0v) is 11.5. The molecule has 1 aromatic carbocycles. The molecule has 100 valence electrons. The van der Waals surface area contributed by atoms with Crippen molar-refractivity contribution in [3.05, 3.63) is 23.8 Å². The Balaban J connectivity index is 3.18. The summed E-state index contributed by atoms with van der Waals surface area (Å²) in [5.74, 6) is 0.0262. The van der Waals surface area contributed by atoms with Gasteiger partial charge in [0.15, 0.2) is 0 Å². The van der Waals surface area contributed by atoms with E-state index in [-0.39, 0.29) is 11.7 Å². The zero-order valence-electron chi connectivity index (χ0n) is 11.5. The Morgan fingerprint density at radius 1 is 1.44 bits per heavy atom. The molecule has 0 saturated heterocycles. The summed E-state index contributed by atoms with van der Waals surface area (Å²) >= 11 is 0. The van der Waals surface area contributed by atoms with Gasteiger partial charge in [0, 0.05) is 12.6 Å². The Bertz CT molecular complexity index is 441. The van der Waals surface area contributed by atoms with E-state index in [1.165, 1.54) is 0 Å². The van der Waals surface area contributed by atoms with Gasteiger partial charge in [-0.3, -0.25) is 4.79 Å². The predicted molar refractivity (Wildman–Crippen MR) is 73.8 cm³/mol.